The second-order valence-corrected chi connectivity index (χ2v) is 5.90. The van der Waals surface area contributed by atoms with Crippen LogP contribution in [0.15, 0.2) is 35.8 Å². The minimum Gasteiger partial charge on any atom is -0.481 e. The Hall–Kier alpha value is -1.88. The van der Waals surface area contributed by atoms with Gasteiger partial charge < -0.3 is 9.84 Å². The maximum Gasteiger partial charge on any atom is 0.310 e. The maximum absolute atomic E-state index is 11.4. The van der Waals surface area contributed by atoms with Crippen molar-refractivity contribution in [1.29, 1.82) is 0 Å². The largest absolute Gasteiger partial charge is 0.481 e. The lowest BCUT2D eigenvalue weighted by molar-refractivity contribution is -0.139. The van der Waals surface area contributed by atoms with Crippen LogP contribution in [0.2, 0.25) is 0 Å². The van der Waals surface area contributed by atoms with E-state index >= 15 is 0 Å². The summed E-state index contributed by atoms with van der Waals surface area (Å²) in [4.78, 5) is 15.4. The first-order chi connectivity index (χ1) is 9.72. The van der Waals surface area contributed by atoms with E-state index in [1.165, 1.54) is 11.3 Å². The molecule has 4 nitrogen and oxygen atoms in total. The lowest BCUT2D eigenvalue weighted by Crippen LogP contribution is -2.12. The van der Waals surface area contributed by atoms with Crippen LogP contribution >= 0.6 is 11.3 Å². The fourth-order valence-electron chi connectivity index (χ4n) is 2.20. The highest BCUT2D eigenvalue weighted by molar-refractivity contribution is 7.11. The fourth-order valence-corrected chi connectivity index (χ4v) is 2.70. The molecule has 20 heavy (non-hydrogen) atoms. The number of nitrogens with zero attached hydrogens (tertiary/aromatic N) is 1. The number of ether oxygens (including phenoxy) is 1. The monoisotopic (exact) mass is 289 g/mol. The number of rotatable bonds is 6. The first-order valence-electron chi connectivity index (χ1n) is 6.62. The first-order valence-corrected chi connectivity index (χ1v) is 7.50. The van der Waals surface area contributed by atoms with Crippen molar-refractivity contribution in [1.82, 2.24) is 4.98 Å². The Balaban J connectivity index is 1.71. The molecule has 1 atom stereocenters. The Morgan fingerprint density at radius 3 is 2.70 bits per heavy atom. The molecule has 1 heterocycles. The minimum atomic E-state index is -0.745. The van der Waals surface area contributed by atoms with Crippen LogP contribution in [0.1, 0.15) is 30.7 Å². The quantitative estimate of drug-likeness (QED) is 0.876. The summed E-state index contributed by atoms with van der Waals surface area (Å²) in [6, 6.07) is 7.29. The SMILES string of the molecule is O=C(O)C(CC1CC1)c1ccc(Oc2nccs2)cc1. The number of thiazole rings is 1. The van der Waals surface area contributed by atoms with E-state index in [2.05, 4.69) is 4.98 Å². The molecule has 0 amide bonds. The molecule has 0 bridgehead atoms. The van der Waals surface area contributed by atoms with Gasteiger partial charge in [-0.2, -0.15) is 0 Å². The van der Waals surface area contributed by atoms with Gasteiger partial charge in [0.15, 0.2) is 0 Å². The van der Waals surface area contributed by atoms with Crippen molar-refractivity contribution in [2.75, 3.05) is 0 Å². The topological polar surface area (TPSA) is 59.4 Å². The molecule has 0 aliphatic heterocycles. The molecule has 3 rings (SSSR count). The number of aliphatic carboxylic acids is 1. The van der Waals surface area contributed by atoms with Gasteiger partial charge in [0.05, 0.1) is 5.92 Å². The van der Waals surface area contributed by atoms with Crippen molar-refractivity contribution in [2.45, 2.75) is 25.2 Å². The summed E-state index contributed by atoms with van der Waals surface area (Å²) < 4.78 is 5.57. The number of carboxylic acids is 1. The average molecular weight is 289 g/mol. The predicted molar refractivity (Wildman–Crippen MR) is 76.3 cm³/mol. The van der Waals surface area contributed by atoms with E-state index in [9.17, 15) is 9.90 Å². The van der Waals surface area contributed by atoms with Gasteiger partial charge in [0.2, 0.25) is 0 Å². The Morgan fingerprint density at radius 1 is 1.40 bits per heavy atom. The number of carbonyl (C=O) groups is 1. The van der Waals surface area contributed by atoms with Gasteiger partial charge in [0, 0.05) is 11.6 Å². The Bertz CT molecular complexity index is 576. The van der Waals surface area contributed by atoms with Crippen molar-refractivity contribution in [2.24, 2.45) is 5.92 Å². The number of hydrogen-bond donors (Lipinski definition) is 1. The van der Waals surface area contributed by atoms with E-state index < -0.39 is 11.9 Å². The second-order valence-electron chi connectivity index (χ2n) is 5.04. The lowest BCUT2D eigenvalue weighted by atomic mass is 9.93. The molecule has 1 unspecified atom stereocenters. The number of carboxylic acid groups (broad SMARTS) is 1. The van der Waals surface area contributed by atoms with Gasteiger partial charge in [-0.05, 0) is 30.0 Å². The van der Waals surface area contributed by atoms with Gasteiger partial charge in [0.25, 0.3) is 5.19 Å². The summed E-state index contributed by atoms with van der Waals surface area (Å²) in [7, 11) is 0. The van der Waals surface area contributed by atoms with Crippen LogP contribution in [0.5, 0.6) is 10.9 Å². The standard InChI is InChI=1S/C15H15NO3S/c17-14(18)13(9-10-1-2-10)11-3-5-12(6-4-11)19-15-16-7-8-20-15/h3-8,10,13H,1-2,9H2,(H,17,18). The highest BCUT2D eigenvalue weighted by Crippen LogP contribution is 2.39. The fraction of sp³-hybridized carbons (Fsp3) is 0.333. The zero-order chi connectivity index (χ0) is 13.9. The van der Waals surface area contributed by atoms with Crippen LogP contribution in [0.4, 0.5) is 0 Å². The van der Waals surface area contributed by atoms with Gasteiger partial charge in [-0.15, -0.1) is 0 Å². The molecule has 104 valence electrons. The van der Waals surface area contributed by atoms with Gasteiger partial charge in [-0.25, -0.2) is 4.98 Å². The van der Waals surface area contributed by atoms with E-state index in [0.29, 0.717) is 16.9 Å². The van der Waals surface area contributed by atoms with E-state index in [4.69, 9.17) is 4.74 Å². The first kappa shape index (κ1) is 13.1. The highest BCUT2D eigenvalue weighted by atomic mass is 32.1. The minimum absolute atomic E-state index is 0.406. The highest BCUT2D eigenvalue weighted by Gasteiger charge is 2.30. The summed E-state index contributed by atoms with van der Waals surface area (Å²) in [5.41, 5.74) is 0.843. The molecule has 1 aliphatic carbocycles. The van der Waals surface area contributed by atoms with Crippen LogP contribution in [-0.2, 0) is 4.79 Å². The lowest BCUT2D eigenvalue weighted by Gasteiger charge is -2.12. The molecule has 1 aromatic carbocycles. The molecule has 1 fully saturated rings. The molecule has 1 saturated carbocycles. The van der Waals surface area contributed by atoms with Crippen molar-refractivity contribution < 1.29 is 14.6 Å². The normalized spacial score (nSPS) is 15.8. The summed E-state index contributed by atoms with van der Waals surface area (Å²) in [5, 5.41) is 11.8. The number of hydrogen-bond acceptors (Lipinski definition) is 4. The molecule has 0 saturated heterocycles. The Morgan fingerprint density at radius 2 is 2.15 bits per heavy atom. The van der Waals surface area contributed by atoms with E-state index in [1.807, 2.05) is 17.5 Å². The van der Waals surface area contributed by atoms with Gasteiger partial charge >= 0.3 is 5.97 Å². The number of benzene rings is 1. The van der Waals surface area contributed by atoms with Gasteiger partial charge in [-0.3, -0.25) is 4.79 Å². The van der Waals surface area contributed by atoms with Crippen molar-refractivity contribution in [3.63, 3.8) is 0 Å². The molecule has 5 heteroatoms. The zero-order valence-corrected chi connectivity index (χ0v) is 11.7. The summed E-state index contributed by atoms with van der Waals surface area (Å²) in [6.07, 6.45) is 4.75. The molecule has 1 aromatic heterocycles. The number of aromatic nitrogens is 1. The summed E-state index contributed by atoms with van der Waals surface area (Å²) in [6.45, 7) is 0. The van der Waals surface area contributed by atoms with E-state index in [-0.39, 0.29) is 0 Å². The second kappa shape index (κ2) is 5.63. The van der Waals surface area contributed by atoms with Crippen molar-refractivity contribution in [3.05, 3.63) is 41.4 Å². The van der Waals surface area contributed by atoms with Crippen LogP contribution < -0.4 is 4.74 Å². The average Bonchev–Trinajstić information content (AvgIpc) is 3.12. The third kappa shape index (κ3) is 3.17. The van der Waals surface area contributed by atoms with Gasteiger partial charge in [0.1, 0.15) is 5.75 Å². The maximum atomic E-state index is 11.4. The molecule has 1 aliphatic rings. The van der Waals surface area contributed by atoms with Crippen molar-refractivity contribution in [3.8, 4) is 10.9 Å². The van der Waals surface area contributed by atoms with E-state index in [1.54, 1.807) is 18.3 Å². The molecular formula is C15H15NO3S. The van der Waals surface area contributed by atoms with Crippen LogP contribution in [0.25, 0.3) is 0 Å². The van der Waals surface area contributed by atoms with Crippen LogP contribution in [0.3, 0.4) is 0 Å². The summed E-state index contributed by atoms with van der Waals surface area (Å²) >= 11 is 1.42. The van der Waals surface area contributed by atoms with Crippen LogP contribution in [0, 0.1) is 5.92 Å². The third-order valence-electron chi connectivity index (χ3n) is 3.46. The molecule has 0 radical (unpaired) electrons. The van der Waals surface area contributed by atoms with Crippen LogP contribution in [-0.4, -0.2) is 16.1 Å². The summed E-state index contributed by atoms with van der Waals surface area (Å²) in [5.74, 6) is 0.114. The van der Waals surface area contributed by atoms with E-state index in [0.717, 1.165) is 24.8 Å². The smallest absolute Gasteiger partial charge is 0.310 e. The Labute approximate surface area is 121 Å². The molecule has 2 aromatic rings. The molecule has 0 spiro atoms. The molecular weight excluding hydrogens is 274 g/mol. The zero-order valence-electron chi connectivity index (χ0n) is 10.9. The van der Waals surface area contributed by atoms with Crippen molar-refractivity contribution >= 4 is 17.3 Å². The predicted octanol–water partition coefficient (Wildman–Crippen LogP) is 3.90. The van der Waals surface area contributed by atoms with Gasteiger partial charge in [-0.1, -0.05) is 36.3 Å². The Kier molecular flexibility index (Phi) is 3.69. The molecule has 1 N–H and O–H groups in total. The third-order valence-corrected chi connectivity index (χ3v) is 4.11.